The van der Waals surface area contributed by atoms with Crippen molar-refractivity contribution in [1.29, 1.82) is 0 Å². The average molecular weight is 286 g/mol. The van der Waals surface area contributed by atoms with Crippen LogP contribution in [0.25, 0.3) is 0 Å². The normalized spacial score (nSPS) is 10.0. The lowest BCUT2D eigenvalue weighted by Gasteiger charge is -2.08. The van der Waals surface area contributed by atoms with Crippen LogP contribution in [-0.4, -0.2) is 20.1 Å². The number of ether oxygens (including phenoxy) is 2. The van der Waals surface area contributed by atoms with Crippen LogP contribution in [0.15, 0.2) is 42.5 Å². The third-order valence-electron chi connectivity index (χ3n) is 3.04. The van der Waals surface area contributed by atoms with Crippen LogP contribution in [0.2, 0.25) is 0 Å². The Bertz CT molecular complexity index is 624. The molecule has 0 fully saturated rings. The van der Waals surface area contributed by atoms with E-state index in [1.54, 1.807) is 25.3 Å². The number of hydrogen-bond donors (Lipinski definition) is 2. The molecular weight excluding hydrogens is 268 g/mol. The lowest BCUT2D eigenvalue weighted by molar-refractivity contribution is 0.0950. The molecule has 2 aromatic carbocycles. The number of nitrogens with one attached hydrogen (secondary N) is 1. The van der Waals surface area contributed by atoms with Gasteiger partial charge in [0.25, 0.3) is 5.91 Å². The highest BCUT2D eigenvalue weighted by atomic mass is 16.5. The molecule has 0 unspecified atom stereocenters. The number of methoxy groups -OCH3 is 2. The molecule has 2 rings (SSSR count). The summed E-state index contributed by atoms with van der Waals surface area (Å²) in [6.07, 6.45) is 0. The van der Waals surface area contributed by atoms with Crippen LogP contribution < -0.4 is 20.5 Å². The molecule has 0 aliphatic rings. The summed E-state index contributed by atoms with van der Waals surface area (Å²) < 4.78 is 10.2. The van der Waals surface area contributed by atoms with Crippen molar-refractivity contribution in [1.82, 2.24) is 5.32 Å². The zero-order valence-corrected chi connectivity index (χ0v) is 12.1. The monoisotopic (exact) mass is 286 g/mol. The summed E-state index contributed by atoms with van der Waals surface area (Å²) in [6, 6.07) is 12.4. The molecule has 0 heterocycles. The summed E-state index contributed by atoms with van der Waals surface area (Å²) in [6.45, 7) is 0.430. The second-order valence-corrected chi connectivity index (χ2v) is 4.53. The van der Waals surface area contributed by atoms with E-state index in [4.69, 9.17) is 15.2 Å². The fraction of sp³-hybridized carbons (Fsp3) is 0.188. The van der Waals surface area contributed by atoms with Gasteiger partial charge >= 0.3 is 0 Å². The van der Waals surface area contributed by atoms with E-state index in [9.17, 15) is 4.79 Å². The zero-order valence-electron chi connectivity index (χ0n) is 12.1. The minimum atomic E-state index is -0.198. The van der Waals surface area contributed by atoms with Gasteiger partial charge in [0.1, 0.15) is 11.5 Å². The van der Waals surface area contributed by atoms with E-state index in [-0.39, 0.29) is 5.91 Å². The first kappa shape index (κ1) is 14.7. The molecule has 2 aromatic rings. The molecule has 0 saturated carbocycles. The number of amides is 1. The van der Waals surface area contributed by atoms with Crippen molar-refractivity contribution < 1.29 is 14.3 Å². The van der Waals surface area contributed by atoms with E-state index in [1.807, 2.05) is 24.3 Å². The fourth-order valence-corrected chi connectivity index (χ4v) is 1.90. The second kappa shape index (κ2) is 6.65. The number of nitrogen functional groups attached to an aromatic ring is 1. The standard InChI is InChI=1S/C16H18N2O3/c1-20-14-5-3-11(4-6-14)10-18-16(19)12-7-13(17)9-15(8-12)21-2/h3-9H,10,17H2,1-2H3,(H,18,19). The van der Waals surface area contributed by atoms with Crippen molar-refractivity contribution in [2.75, 3.05) is 20.0 Å². The van der Waals surface area contributed by atoms with Gasteiger partial charge in [-0.25, -0.2) is 0 Å². The van der Waals surface area contributed by atoms with Crippen LogP contribution in [0.3, 0.4) is 0 Å². The molecule has 0 aromatic heterocycles. The van der Waals surface area contributed by atoms with E-state index < -0.39 is 0 Å². The predicted molar refractivity (Wildman–Crippen MR) is 81.6 cm³/mol. The van der Waals surface area contributed by atoms with Gasteiger partial charge in [-0.1, -0.05) is 12.1 Å². The molecule has 0 bridgehead atoms. The third-order valence-corrected chi connectivity index (χ3v) is 3.04. The molecule has 3 N–H and O–H groups in total. The fourth-order valence-electron chi connectivity index (χ4n) is 1.90. The van der Waals surface area contributed by atoms with E-state index >= 15 is 0 Å². The summed E-state index contributed by atoms with van der Waals surface area (Å²) in [7, 11) is 3.15. The Morgan fingerprint density at radius 3 is 2.33 bits per heavy atom. The predicted octanol–water partition coefficient (Wildman–Crippen LogP) is 2.22. The maximum Gasteiger partial charge on any atom is 0.251 e. The van der Waals surface area contributed by atoms with Gasteiger partial charge in [0, 0.05) is 23.9 Å². The van der Waals surface area contributed by atoms with Crippen LogP contribution in [0.1, 0.15) is 15.9 Å². The first-order valence-corrected chi connectivity index (χ1v) is 6.48. The zero-order chi connectivity index (χ0) is 15.2. The molecule has 0 aliphatic carbocycles. The molecule has 0 radical (unpaired) electrons. The van der Waals surface area contributed by atoms with Gasteiger partial charge in [0.2, 0.25) is 0 Å². The van der Waals surface area contributed by atoms with Crippen LogP contribution in [0.4, 0.5) is 5.69 Å². The lowest BCUT2D eigenvalue weighted by atomic mass is 10.1. The third kappa shape index (κ3) is 3.89. The first-order chi connectivity index (χ1) is 10.1. The Hall–Kier alpha value is -2.69. The number of hydrogen-bond acceptors (Lipinski definition) is 4. The topological polar surface area (TPSA) is 73.6 Å². The maximum absolute atomic E-state index is 12.1. The van der Waals surface area contributed by atoms with Gasteiger partial charge in [-0.3, -0.25) is 4.79 Å². The van der Waals surface area contributed by atoms with Crippen molar-refractivity contribution >= 4 is 11.6 Å². The molecule has 5 heteroatoms. The first-order valence-electron chi connectivity index (χ1n) is 6.48. The Balaban J connectivity index is 2.02. The molecule has 0 atom stereocenters. The molecule has 5 nitrogen and oxygen atoms in total. The second-order valence-electron chi connectivity index (χ2n) is 4.53. The van der Waals surface area contributed by atoms with Gasteiger partial charge in [-0.15, -0.1) is 0 Å². The average Bonchev–Trinajstić information content (AvgIpc) is 2.52. The lowest BCUT2D eigenvalue weighted by Crippen LogP contribution is -2.22. The number of carbonyl (C=O) groups excluding carboxylic acids is 1. The van der Waals surface area contributed by atoms with Gasteiger partial charge in [0.05, 0.1) is 14.2 Å². The highest BCUT2D eigenvalue weighted by molar-refractivity contribution is 5.95. The molecule has 110 valence electrons. The SMILES string of the molecule is COc1ccc(CNC(=O)c2cc(N)cc(OC)c2)cc1. The van der Waals surface area contributed by atoms with Crippen molar-refractivity contribution in [2.24, 2.45) is 0 Å². The summed E-state index contributed by atoms with van der Waals surface area (Å²) >= 11 is 0. The molecular formula is C16H18N2O3. The van der Waals surface area contributed by atoms with E-state index in [2.05, 4.69) is 5.32 Å². The van der Waals surface area contributed by atoms with Crippen LogP contribution in [0.5, 0.6) is 11.5 Å². The quantitative estimate of drug-likeness (QED) is 0.827. The number of anilines is 1. The van der Waals surface area contributed by atoms with Gasteiger partial charge < -0.3 is 20.5 Å². The molecule has 0 saturated heterocycles. The Labute approximate surface area is 123 Å². The molecule has 1 amide bonds. The van der Waals surface area contributed by atoms with Gasteiger partial charge in [0.15, 0.2) is 0 Å². The van der Waals surface area contributed by atoms with Crippen molar-refractivity contribution in [3.8, 4) is 11.5 Å². The molecule has 0 aliphatic heterocycles. The van der Waals surface area contributed by atoms with Crippen molar-refractivity contribution in [3.63, 3.8) is 0 Å². The van der Waals surface area contributed by atoms with Crippen molar-refractivity contribution in [3.05, 3.63) is 53.6 Å². The highest BCUT2D eigenvalue weighted by Gasteiger charge is 2.08. The van der Waals surface area contributed by atoms with Crippen molar-refractivity contribution in [2.45, 2.75) is 6.54 Å². The maximum atomic E-state index is 12.1. The Kier molecular flexibility index (Phi) is 4.66. The smallest absolute Gasteiger partial charge is 0.251 e. The number of nitrogens with two attached hydrogens (primary N) is 1. The highest BCUT2D eigenvalue weighted by Crippen LogP contribution is 2.18. The number of carbonyl (C=O) groups is 1. The number of benzene rings is 2. The Morgan fingerprint density at radius 2 is 1.71 bits per heavy atom. The van der Waals surface area contributed by atoms with Gasteiger partial charge in [-0.2, -0.15) is 0 Å². The molecule has 21 heavy (non-hydrogen) atoms. The van der Waals surface area contributed by atoms with Crippen LogP contribution in [0, 0.1) is 0 Å². The van der Waals surface area contributed by atoms with Crippen LogP contribution >= 0.6 is 0 Å². The summed E-state index contributed by atoms with van der Waals surface area (Å²) in [5.74, 6) is 1.15. The van der Waals surface area contributed by atoms with E-state index in [1.165, 1.54) is 7.11 Å². The summed E-state index contributed by atoms with van der Waals surface area (Å²) in [5, 5.41) is 2.84. The summed E-state index contributed by atoms with van der Waals surface area (Å²) in [5.41, 5.74) is 7.69. The largest absolute Gasteiger partial charge is 0.497 e. The minimum absolute atomic E-state index is 0.198. The van der Waals surface area contributed by atoms with E-state index in [0.29, 0.717) is 23.5 Å². The van der Waals surface area contributed by atoms with Gasteiger partial charge in [-0.05, 0) is 29.8 Å². The summed E-state index contributed by atoms with van der Waals surface area (Å²) in [4.78, 5) is 12.1. The van der Waals surface area contributed by atoms with Crippen LogP contribution in [-0.2, 0) is 6.54 Å². The number of rotatable bonds is 5. The van der Waals surface area contributed by atoms with E-state index in [0.717, 1.165) is 11.3 Å². The minimum Gasteiger partial charge on any atom is -0.497 e. The molecule has 0 spiro atoms. The Morgan fingerprint density at radius 1 is 1.05 bits per heavy atom.